The molecule has 0 spiro atoms. The van der Waals surface area contributed by atoms with Gasteiger partial charge in [0, 0.05) is 19.2 Å². The Morgan fingerprint density at radius 2 is 2.00 bits per heavy atom. The Morgan fingerprint density at radius 1 is 1.27 bits per heavy atom. The van der Waals surface area contributed by atoms with E-state index in [0.717, 1.165) is 12.3 Å². The highest BCUT2D eigenvalue weighted by Gasteiger charge is 2.21. The van der Waals surface area contributed by atoms with E-state index in [0.29, 0.717) is 5.92 Å². The predicted octanol–water partition coefficient (Wildman–Crippen LogP) is 3.14. The van der Waals surface area contributed by atoms with Crippen molar-refractivity contribution in [2.24, 2.45) is 13.0 Å². The quantitative estimate of drug-likeness (QED) is 0.720. The minimum Gasteiger partial charge on any atom is -0.255 e. The molecule has 0 radical (unpaired) electrons. The lowest BCUT2D eigenvalue weighted by molar-refractivity contribution is 0.365. The van der Waals surface area contributed by atoms with Crippen LogP contribution in [0.1, 0.15) is 58.1 Å². The minimum absolute atomic E-state index is 0.587. The Morgan fingerprint density at radius 3 is 2.40 bits per heavy atom. The maximum Gasteiger partial charge on any atom is 0.0860 e. The van der Waals surface area contributed by atoms with Crippen LogP contribution in [0.25, 0.3) is 0 Å². The standard InChI is InChI=1S/C12H23N3/c1-5-8-10(6-2)11(7-3)12-9-15(4)14-13-12/h9-11H,5-8H2,1-4H3. The summed E-state index contributed by atoms with van der Waals surface area (Å²) in [6.45, 7) is 6.78. The van der Waals surface area contributed by atoms with Crippen LogP contribution in [0.5, 0.6) is 0 Å². The fourth-order valence-electron chi connectivity index (χ4n) is 2.38. The summed E-state index contributed by atoms with van der Waals surface area (Å²) < 4.78 is 1.80. The van der Waals surface area contributed by atoms with Gasteiger partial charge >= 0.3 is 0 Å². The van der Waals surface area contributed by atoms with E-state index in [9.17, 15) is 0 Å². The largest absolute Gasteiger partial charge is 0.255 e. The zero-order valence-electron chi connectivity index (χ0n) is 10.4. The molecule has 0 fully saturated rings. The number of hydrogen-bond donors (Lipinski definition) is 0. The molecule has 0 bridgehead atoms. The molecule has 0 aliphatic rings. The number of aromatic nitrogens is 3. The Bertz CT molecular complexity index is 280. The number of hydrogen-bond acceptors (Lipinski definition) is 2. The molecule has 1 heterocycles. The van der Waals surface area contributed by atoms with E-state index in [1.54, 1.807) is 4.68 Å². The second kappa shape index (κ2) is 5.89. The number of nitrogens with zero attached hydrogens (tertiary/aromatic N) is 3. The van der Waals surface area contributed by atoms with Crippen LogP contribution in [-0.2, 0) is 7.05 Å². The lowest BCUT2D eigenvalue weighted by Crippen LogP contribution is -2.12. The van der Waals surface area contributed by atoms with Crippen molar-refractivity contribution < 1.29 is 0 Å². The third-order valence-corrected chi connectivity index (χ3v) is 3.19. The van der Waals surface area contributed by atoms with Crippen molar-refractivity contribution in [2.75, 3.05) is 0 Å². The van der Waals surface area contributed by atoms with E-state index in [1.807, 2.05) is 7.05 Å². The predicted molar refractivity (Wildman–Crippen MR) is 62.7 cm³/mol. The molecule has 0 saturated heterocycles. The Labute approximate surface area is 92.9 Å². The first-order valence-electron chi connectivity index (χ1n) is 6.09. The third-order valence-electron chi connectivity index (χ3n) is 3.19. The van der Waals surface area contributed by atoms with Crippen molar-refractivity contribution in [3.63, 3.8) is 0 Å². The maximum absolute atomic E-state index is 4.25. The molecule has 2 atom stereocenters. The van der Waals surface area contributed by atoms with Crippen LogP contribution in [0.4, 0.5) is 0 Å². The average molecular weight is 209 g/mol. The van der Waals surface area contributed by atoms with Crippen LogP contribution < -0.4 is 0 Å². The molecule has 0 N–H and O–H groups in total. The van der Waals surface area contributed by atoms with Gasteiger partial charge in [-0.2, -0.15) is 0 Å². The zero-order chi connectivity index (χ0) is 11.3. The van der Waals surface area contributed by atoms with Gasteiger partial charge in [-0.05, 0) is 12.3 Å². The van der Waals surface area contributed by atoms with Crippen LogP contribution in [0.15, 0.2) is 6.20 Å². The van der Waals surface area contributed by atoms with Gasteiger partial charge in [-0.15, -0.1) is 5.10 Å². The van der Waals surface area contributed by atoms with Crippen LogP contribution in [0.2, 0.25) is 0 Å². The fraction of sp³-hybridized carbons (Fsp3) is 0.833. The topological polar surface area (TPSA) is 30.7 Å². The van der Waals surface area contributed by atoms with Crippen molar-refractivity contribution in [3.8, 4) is 0 Å². The second-order valence-corrected chi connectivity index (χ2v) is 4.29. The van der Waals surface area contributed by atoms with Gasteiger partial charge in [-0.3, -0.25) is 4.68 Å². The van der Waals surface area contributed by atoms with Gasteiger partial charge in [0.2, 0.25) is 0 Å². The third kappa shape index (κ3) is 3.05. The molecule has 0 amide bonds. The first-order valence-corrected chi connectivity index (χ1v) is 6.09. The second-order valence-electron chi connectivity index (χ2n) is 4.29. The van der Waals surface area contributed by atoms with Crippen molar-refractivity contribution in [1.82, 2.24) is 15.0 Å². The Balaban J connectivity index is 2.76. The van der Waals surface area contributed by atoms with Gasteiger partial charge in [0.15, 0.2) is 0 Å². The van der Waals surface area contributed by atoms with E-state index in [-0.39, 0.29) is 0 Å². The summed E-state index contributed by atoms with van der Waals surface area (Å²) in [5.41, 5.74) is 1.17. The lowest BCUT2D eigenvalue weighted by Gasteiger charge is -2.22. The molecular formula is C12H23N3. The van der Waals surface area contributed by atoms with Crippen LogP contribution in [-0.4, -0.2) is 15.0 Å². The molecule has 0 saturated carbocycles. The van der Waals surface area contributed by atoms with Gasteiger partial charge in [0.1, 0.15) is 0 Å². The summed E-state index contributed by atoms with van der Waals surface area (Å²) in [5, 5.41) is 8.28. The van der Waals surface area contributed by atoms with Crippen molar-refractivity contribution in [2.45, 2.75) is 52.4 Å². The van der Waals surface area contributed by atoms with Crippen molar-refractivity contribution >= 4 is 0 Å². The summed E-state index contributed by atoms with van der Waals surface area (Å²) in [4.78, 5) is 0. The molecule has 0 aliphatic carbocycles. The molecule has 86 valence electrons. The van der Waals surface area contributed by atoms with Crippen LogP contribution in [0.3, 0.4) is 0 Å². The summed E-state index contributed by atoms with van der Waals surface area (Å²) in [6.07, 6.45) is 7.02. The SMILES string of the molecule is CCCC(CC)C(CC)c1cn(C)nn1. The highest BCUT2D eigenvalue weighted by atomic mass is 15.4. The monoisotopic (exact) mass is 209 g/mol. The molecule has 3 nitrogen and oxygen atoms in total. The lowest BCUT2D eigenvalue weighted by atomic mass is 9.83. The van der Waals surface area contributed by atoms with Gasteiger partial charge in [0.25, 0.3) is 0 Å². The van der Waals surface area contributed by atoms with Crippen molar-refractivity contribution in [3.05, 3.63) is 11.9 Å². The molecule has 1 aromatic rings. The molecule has 3 heteroatoms. The summed E-state index contributed by atoms with van der Waals surface area (Å²) in [6, 6.07) is 0. The Kier molecular flexibility index (Phi) is 4.79. The molecule has 1 aromatic heterocycles. The maximum atomic E-state index is 4.25. The first kappa shape index (κ1) is 12.2. The van der Waals surface area contributed by atoms with Gasteiger partial charge in [-0.25, -0.2) is 0 Å². The van der Waals surface area contributed by atoms with E-state index in [1.165, 1.54) is 25.0 Å². The van der Waals surface area contributed by atoms with E-state index in [2.05, 4.69) is 37.3 Å². The van der Waals surface area contributed by atoms with Crippen LogP contribution in [0, 0.1) is 5.92 Å². The van der Waals surface area contributed by atoms with E-state index < -0.39 is 0 Å². The first-order chi connectivity index (χ1) is 7.22. The van der Waals surface area contributed by atoms with E-state index in [4.69, 9.17) is 0 Å². The van der Waals surface area contributed by atoms with Crippen LogP contribution >= 0.6 is 0 Å². The Hall–Kier alpha value is -0.860. The molecular weight excluding hydrogens is 186 g/mol. The van der Waals surface area contributed by atoms with Gasteiger partial charge < -0.3 is 0 Å². The van der Waals surface area contributed by atoms with Gasteiger partial charge in [-0.1, -0.05) is 45.2 Å². The fourth-order valence-corrected chi connectivity index (χ4v) is 2.38. The highest BCUT2D eigenvalue weighted by Crippen LogP contribution is 2.31. The summed E-state index contributed by atoms with van der Waals surface area (Å²) >= 11 is 0. The average Bonchev–Trinajstić information content (AvgIpc) is 2.64. The van der Waals surface area contributed by atoms with E-state index >= 15 is 0 Å². The number of rotatable bonds is 6. The molecule has 0 aliphatic heterocycles. The normalized spacial score (nSPS) is 15.2. The highest BCUT2D eigenvalue weighted by molar-refractivity contribution is 5.03. The smallest absolute Gasteiger partial charge is 0.0860 e. The molecule has 0 aromatic carbocycles. The number of aryl methyl sites for hydroxylation is 1. The zero-order valence-corrected chi connectivity index (χ0v) is 10.4. The molecule has 1 rings (SSSR count). The van der Waals surface area contributed by atoms with Gasteiger partial charge in [0.05, 0.1) is 5.69 Å². The van der Waals surface area contributed by atoms with Crippen molar-refractivity contribution in [1.29, 1.82) is 0 Å². The molecule has 2 unspecified atom stereocenters. The molecule has 15 heavy (non-hydrogen) atoms. The minimum atomic E-state index is 0.587. The summed E-state index contributed by atoms with van der Waals surface area (Å²) in [5.74, 6) is 1.35. The summed E-state index contributed by atoms with van der Waals surface area (Å²) in [7, 11) is 1.93.